The monoisotopic (exact) mass is 401 g/mol. The Kier molecular flexibility index (Phi) is 4.63. The van der Waals surface area contributed by atoms with Crippen LogP contribution in [0.15, 0.2) is 50.1 Å². The average molecular weight is 402 g/mol. The molecule has 25 heavy (non-hydrogen) atoms. The van der Waals surface area contributed by atoms with Gasteiger partial charge in [-0.15, -0.1) is 0 Å². The number of carbonyl (C=O) groups is 1. The van der Waals surface area contributed by atoms with Crippen LogP contribution in [-0.4, -0.2) is 11.0 Å². The molecule has 0 saturated carbocycles. The van der Waals surface area contributed by atoms with Crippen molar-refractivity contribution in [2.24, 2.45) is 0 Å². The molecule has 0 radical (unpaired) electrons. The standard InChI is InChI=1S/C19H16BrNO4/c1-10-6-15(22)18-11(2)14(19(24)25-16(18)7-10)9-17(23)21-13-5-3-4-12(20)8-13/h3-8,22H,9H2,1-2H3,(H,21,23). The fourth-order valence-corrected chi connectivity index (χ4v) is 3.19. The summed E-state index contributed by atoms with van der Waals surface area (Å²) >= 11 is 3.34. The van der Waals surface area contributed by atoms with Crippen LogP contribution in [0.5, 0.6) is 5.75 Å². The van der Waals surface area contributed by atoms with E-state index in [4.69, 9.17) is 4.42 Å². The number of phenolic OH excluding ortho intramolecular Hbond substituents is 1. The SMILES string of the molecule is Cc1cc(O)c2c(C)c(CC(=O)Nc3cccc(Br)c3)c(=O)oc2c1. The summed E-state index contributed by atoms with van der Waals surface area (Å²) in [7, 11) is 0. The fourth-order valence-electron chi connectivity index (χ4n) is 2.79. The first-order valence-corrected chi connectivity index (χ1v) is 8.46. The van der Waals surface area contributed by atoms with Gasteiger partial charge in [0.25, 0.3) is 0 Å². The van der Waals surface area contributed by atoms with E-state index in [1.165, 1.54) is 0 Å². The van der Waals surface area contributed by atoms with Crippen molar-refractivity contribution in [2.45, 2.75) is 20.3 Å². The minimum Gasteiger partial charge on any atom is -0.507 e. The number of rotatable bonds is 3. The Morgan fingerprint density at radius 3 is 2.72 bits per heavy atom. The van der Waals surface area contributed by atoms with Gasteiger partial charge in [-0.3, -0.25) is 4.79 Å². The molecule has 0 aliphatic carbocycles. The van der Waals surface area contributed by atoms with E-state index in [1.807, 2.05) is 6.07 Å². The molecule has 6 heteroatoms. The van der Waals surface area contributed by atoms with Gasteiger partial charge in [-0.2, -0.15) is 0 Å². The van der Waals surface area contributed by atoms with E-state index in [2.05, 4.69) is 21.2 Å². The third kappa shape index (κ3) is 3.58. The highest BCUT2D eigenvalue weighted by molar-refractivity contribution is 9.10. The second-order valence-corrected chi connectivity index (χ2v) is 6.80. The maximum Gasteiger partial charge on any atom is 0.340 e. The van der Waals surface area contributed by atoms with Crippen molar-refractivity contribution >= 4 is 38.5 Å². The van der Waals surface area contributed by atoms with Crippen LogP contribution in [0.2, 0.25) is 0 Å². The lowest BCUT2D eigenvalue weighted by Crippen LogP contribution is -2.20. The summed E-state index contributed by atoms with van der Waals surface area (Å²) in [5.41, 5.74) is 1.94. The van der Waals surface area contributed by atoms with Crippen LogP contribution in [-0.2, 0) is 11.2 Å². The zero-order chi connectivity index (χ0) is 18.1. The van der Waals surface area contributed by atoms with Crippen LogP contribution < -0.4 is 10.9 Å². The summed E-state index contributed by atoms with van der Waals surface area (Å²) in [4.78, 5) is 24.6. The van der Waals surface area contributed by atoms with Gasteiger partial charge in [0.1, 0.15) is 11.3 Å². The average Bonchev–Trinajstić information content (AvgIpc) is 2.50. The molecule has 2 aromatic carbocycles. The summed E-state index contributed by atoms with van der Waals surface area (Å²) in [5.74, 6) is -0.302. The number of amides is 1. The van der Waals surface area contributed by atoms with E-state index in [1.54, 1.807) is 44.2 Å². The first-order chi connectivity index (χ1) is 11.8. The molecular weight excluding hydrogens is 386 g/mol. The van der Waals surface area contributed by atoms with Gasteiger partial charge < -0.3 is 14.8 Å². The molecule has 2 N–H and O–H groups in total. The van der Waals surface area contributed by atoms with Crippen molar-refractivity contribution in [1.82, 2.24) is 0 Å². The first kappa shape index (κ1) is 17.2. The lowest BCUT2D eigenvalue weighted by atomic mass is 10.0. The molecule has 0 spiro atoms. The van der Waals surface area contributed by atoms with E-state index < -0.39 is 5.63 Å². The number of fused-ring (bicyclic) bond motifs is 1. The largest absolute Gasteiger partial charge is 0.507 e. The highest BCUT2D eigenvalue weighted by Gasteiger charge is 2.17. The Morgan fingerprint density at radius 2 is 2.00 bits per heavy atom. The van der Waals surface area contributed by atoms with Gasteiger partial charge in [0, 0.05) is 10.2 Å². The van der Waals surface area contributed by atoms with E-state index in [0.29, 0.717) is 22.2 Å². The van der Waals surface area contributed by atoms with Crippen LogP contribution in [0.3, 0.4) is 0 Å². The van der Waals surface area contributed by atoms with E-state index in [-0.39, 0.29) is 23.6 Å². The van der Waals surface area contributed by atoms with Crippen molar-refractivity contribution in [3.63, 3.8) is 0 Å². The molecule has 0 bridgehead atoms. The molecule has 0 aliphatic heterocycles. The topological polar surface area (TPSA) is 79.5 Å². The first-order valence-electron chi connectivity index (χ1n) is 7.66. The predicted octanol–water partition coefficient (Wildman–Crippen LogP) is 4.06. The highest BCUT2D eigenvalue weighted by Crippen LogP contribution is 2.30. The molecule has 0 unspecified atom stereocenters. The van der Waals surface area contributed by atoms with Gasteiger partial charge in [-0.05, 0) is 55.3 Å². The number of aryl methyl sites for hydroxylation is 2. The van der Waals surface area contributed by atoms with Crippen LogP contribution in [0.1, 0.15) is 16.7 Å². The maximum absolute atomic E-state index is 12.3. The van der Waals surface area contributed by atoms with E-state index in [9.17, 15) is 14.7 Å². The lowest BCUT2D eigenvalue weighted by molar-refractivity contribution is -0.115. The number of phenols is 1. The molecule has 5 nitrogen and oxygen atoms in total. The smallest absolute Gasteiger partial charge is 0.340 e. The second kappa shape index (κ2) is 6.72. The maximum atomic E-state index is 12.3. The third-order valence-corrected chi connectivity index (χ3v) is 4.44. The number of halogens is 1. The Bertz CT molecular complexity index is 1040. The highest BCUT2D eigenvalue weighted by atomic mass is 79.9. The number of hydrogen-bond acceptors (Lipinski definition) is 4. The number of aromatic hydroxyl groups is 1. The third-order valence-electron chi connectivity index (χ3n) is 3.95. The molecule has 0 saturated heterocycles. The molecule has 1 amide bonds. The fraction of sp³-hybridized carbons (Fsp3) is 0.158. The molecule has 0 aliphatic rings. The molecule has 1 aromatic heterocycles. The van der Waals surface area contributed by atoms with Gasteiger partial charge in [0.15, 0.2) is 0 Å². The zero-order valence-electron chi connectivity index (χ0n) is 13.7. The van der Waals surface area contributed by atoms with Gasteiger partial charge in [0.05, 0.1) is 17.4 Å². The molecule has 3 aromatic rings. The minimum absolute atomic E-state index is 0.0323. The van der Waals surface area contributed by atoms with Crippen molar-refractivity contribution < 1.29 is 14.3 Å². The summed E-state index contributed by atoms with van der Waals surface area (Å²) < 4.78 is 6.14. The van der Waals surface area contributed by atoms with Gasteiger partial charge in [0.2, 0.25) is 5.91 Å². The number of anilines is 1. The molecule has 1 heterocycles. The van der Waals surface area contributed by atoms with E-state index in [0.717, 1.165) is 10.0 Å². The lowest BCUT2D eigenvalue weighted by Gasteiger charge is -2.10. The number of hydrogen-bond donors (Lipinski definition) is 2. The predicted molar refractivity (Wildman–Crippen MR) is 100 cm³/mol. The molecule has 128 valence electrons. The molecule has 3 rings (SSSR count). The summed E-state index contributed by atoms with van der Waals surface area (Å²) in [6, 6.07) is 10.5. The summed E-state index contributed by atoms with van der Waals surface area (Å²) in [6.45, 7) is 3.50. The molecule has 0 fully saturated rings. The van der Waals surface area contributed by atoms with Crippen molar-refractivity contribution in [3.8, 4) is 5.75 Å². The van der Waals surface area contributed by atoms with Crippen LogP contribution in [0.25, 0.3) is 11.0 Å². The second-order valence-electron chi connectivity index (χ2n) is 5.89. The van der Waals surface area contributed by atoms with Crippen molar-refractivity contribution in [1.29, 1.82) is 0 Å². The van der Waals surface area contributed by atoms with Gasteiger partial charge in [-0.1, -0.05) is 22.0 Å². The Balaban J connectivity index is 1.96. The Hall–Kier alpha value is -2.60. The minimum atomic E-state index is -0.570. The summed E-state index contributed by atoms with van der Waals surface area (Å²) in [6.07, 6.45) is -0.135. The quantitative estimate of drug-likeness (QED) is 0.648. The zero-order valence-corrected chi connectivity index (χ0v) is 15.3. The van der Waals surface area contributed by atoms with Crippen molar-refractivity contribution in [3.05, 3.63) is 68.0 Å². The molecular formula is C19H16BrNO4. The number of nitrogens with one attached hydrogen (secondary N) is 1. The van der Waals surface area contributed by atoms with Crippen LogP contribution in [0.4, 0.5) is 5.69 Å². The number of carbonyl (C=O) groups excluding carboxylic acids is 1. The van der Waals surface area contributed by atoms with Crippen molar-refractivity contribution in [2.75, 3.05) is 5.32 Å². The van der Waals surface area contributed by atoms with Gasteiger partial charge >= 0.3 is 5.63 Å². The molecule has 0 atom stereocenters. The Morgan fingerprint density at radius 1 is 1.24 bits per heavy atom. The number of benzene rings is 2. The normalized spacial score (nSPS) is 10.8. The Labute approximate surface area is 152 Å². The van der Waals surface area contributed by atoms with E-state index >= 15 is 0 Å². The van der Waals surface area contributed by atoms with Crippen LogP contribution >= 0.6 is 15.9 Å². The van der Waals surface area contributed by atoms with Gasteiger partial charge in [-0.25, -0.2) is 4.79 Å². The van der Waals surface area contributed by atoms with Crippen LogP contribution in [0, 0.1) is 13.8 Å². The summed E-state index contributed by atoms with van der Waals surface area (Å²) in [5, 5.41) is 13.4.